The number of benzene rings is 2. The first-order chi connectivity index (χ1) is 18.4. The van der Waals surface area contributed by atoms with E-state index in [2.05, 4.69) is 125 Å². The molecule has 0 aliphatic heterocycles. The highest BCUT2D eigenvalue weighted by atomic mass is 32.1. The minimum Gasteiger partial charge on any atom is -0.135 e. The third-order valence-corrected chi connectivity index (χ3v) is 12.1. The second kappa shape index (κ2) is 10.6. The number of hydrogen-bond donors (Lipinski definition) is 0. The minimum absolute atomic E-state index is 1.24. The molecular formula is C34H28S4. The molecule has 188 valence electrons. The van der Waals surface area contributed by atoms with Crippen molar-refractivity contribution < 1.29 is 0 Å². The fourth-order valence-corrected chi connectivity index (χ4v) is 9.41. The molecule has 0 bridgehead atoms. The first kappa shape index (κ1) is 25.3. The van der Waals surface area contributed by atoms with Crippen molar-refractivity contribution in [1.82, 2.24) is 0 Å². The summed E-state index contributed by atoms with van der Waals surface area (Å²) < 4.78 is 2.88. The maximum Gasteiger partial charge on any atom is 0.0496 e. The molecule has 6 rings (SSSR count). The van der Waals surface area contributed by atoms with Gasteiger partial charge in [0, 0.05) is 38.7 Å². The monoisotopic (exact) mass is 564 g/mol. The molecule has 38 heavy (non-hydrogen) atoms. The van der Waals surface area contributed by atoms with E-state index in [1.54, 1.807) is 0 Å². The van der Waals surface area contributed by atoms with Crippen LogP contribution in [0.2, 0.25) is 0 Å². The number of thiophene rings is 4. The summed E-state index contributed by atoms with van der Waals surface area (Å²) in [6.45, 7) is 8.83. The standard InChI is InChI=1S/C34H28S4/c1-21-5-9-25(10-6-21)13-15-27-17-19-29(35-27)31-23(3)33-34(37-31)24(4)32(38-33)30-20-18-28(36-30)16-14-26-11-7-22(2)8-12-26/h5-20H,1-4H3. The second-order valence-corrected chi connectivity index (χ2v) is 13.9. The summed E-state index contributed by atoms with van der Waals surface area (Å²) in [4.78, 5) is 8.13. The van der Waals surface area contributed by atoms with E-state index in [0.717, 1.165) is 0 Å². The molecule has 0 fully saturated rings. The highest BCUT2D eigenvalue weighted by molar-refractivity contribution is 7.34. The lowest BCUT2D eigenvalue weighted by atomic mass is 10.1. The third-order valence-electron chi connectivity index (χ3n) is 6.71. The summed E-state index contributed by atoms with van der Waals surface area (Å²) in [6, 6.07) is 26.4. The van der Waals surface area contributed by atoms with Crippen LogP contribution in [0.15, 0.2) is 72.8 Å². The first-order valence-corrected chi connectivity index (χ1v) is 15.9. The topological polar surface area (TPSA) is 0 Å². The SMILES string of the molecule is Cc1ccc(C=Cc2ccc(-c3sc4c(C)c(-c5ccc(C=Cc6ccc(C)cc6)s5)sc4c3C)s2)cc1. The molecule has 0 aliphatic carbocycles. The van der Waals surface area contributed by atoms with Crippen molar-refractivity contribution in [3.63, 3.8) is 0 Å². The molecule has 0 atom stereocenters. The summed E-state index contributed by atoms with van der Waals surface area (Å²) in [7, 11) is 0. The maximum atomic E-state index is 2.29. The van der Waals surface area contributed by atoms with Gasteiger partial charge in [-0.15, -0.1) is 45.3 Å². The summed E-state index contributed by atoms with van der Waals surface area (Å²) in [5, 5.41) is 0. The highest BCUT2D eigenvalue weighted by Crippen LogP contribution is 2.50. The molecule has 6 aromatic rings. The van der Waals surface area contributed by atoms with Crippen molar-refractivity contribution in [1.29, 1.82) is 0 Å². The van der Waals surface area contributed by atoms with Gasteiger partial charge in [0.2, 0.25) is 0 Å². The van der Waals surface area contributed by atoms with Crippen molar-refractivity contribution in [2.24, 2.45) is 0 Å². The van der Waals surface area contributed by atoms with E-state index < -0.39 is 0 Å². The molecular weight excluding hydrogens is 537 g/mol. The van der Waals surface area contributed by atoms with E-state index >= 15 is 0 Å². The van der Waals surface area contributed by atoms with E-state index in [-0.39, 0.29) is 0 Å². The minimum atomic E-state index is 1.24. The molecule has 0 aliphatic rings. The molecule has 0 radical (unpaired) electrons. The highest BCUT2D eigenvalue weighted by Gasteiger charge is 2.19. The van der Waals surface area contributed by atoms with Crippen molar-refractivity contribution in [2.75, 3.05) is 0 Å². The zero-order valence-corrected chi connectivity index (χ0v) is 25.1. The van der Waals surface area contributed by atoms with Gasteiger partial charge in [0.05, 0.1) is 0 Å². The summed E-state index contributed by atoms with van der Waals surface area (Å²) in [5.41, 5.74) is 7.89. The molecule has 2 aromatic carbocycles. The molecule has 4 heterocycles. The lowest BCUT2D eigenvalue weighted by Gasteiger charge is -1.97. The fourth-order valence-electron chi connectivity index (χ4n) is 4.46. The number of hydrogen-bond acceptors (Lipinski definition) is 4. The summed E-state index contributed by atoms with van der Waals surface area (Å²) in [5.74, 6) is 0. The molecule has 4 aromatic heterocycles. The zero-order valence-electron chi connectivity index (χ0n) is 21.9. The molecule has 0 saturated heterocycles. The normalized spacial score (nSPS) is 12.0. The molecule has 0 spiro atoms. The van der Waals surface area contributed by atoms with Crippen molar-refractivity contribution in [3.8, 4) is 19.5 Å². The Hall–Kier alpha value is -3.02. The molecule has 4 heteroatoms. The van der Waals surface area contributed by atoms with E-state index in [4.69, 9.17) is 0 Å². The van der Waals surface area contributed by atoms with Crippen LogP contribution >= 0.6 is 45.3 Å². The number of rotatable bonds is 6. The van der Waals surface area contributed by atoms with E-state index in [1.807, 2.05) is 45.3 Å². The van der Waals surface area contributed by atoms with E-state index in [0.29, 0.717) is 0 Å². The predicted molar refractivity (Wildman–Crippen MR) is 176 cm³/mol. The Morgan fingerprint density at radius 3 is 1.21 bits per heavy atom. The van der Waals surface area contributed by atoms with Crippen LogP contribution in [-0.4, -0.2) is 0 Å². The predicted octanol–water partition coefficient (Wildman–Crippen LogP) is 12.0. The average molecular weight is 565 g/mol. The lowest BCUT2D eigenvalue weighted by molar-refractivity contribution is 1.46. The van der Waals surface area contributed by atoms with Gasteiger partial charge >= 0.3 is 0 Å². The van der Waals surface area contributed by atoms with Crippen LogP contribution in [0.25, 0.3) is 53.2 Å². The van der Waals surface area contributed by atoms with Crippen molar-refractivity contribution >= 4 is 79.1 Å². The molecule has 0 N–H and O–H groups in total. The van der Waals surface area contributed by atoms with Crippen LogP contribution in [-0.2, 0) is 0 Å². The van der Waals surface area contributed by atoms with E-state index in [1.165, 1.54) is 72.0 Å². The van der Waals surface area contributed by atoms with Crippen LogP contribution in [0, 0.1) is 27.7 Å². The molecule has 0 nitrogen and oxygen atoms in total. The third kappa shape index (κ3) is 5.14. The van der Waals surface area contributed by atoms with Crippen LogP contribution in [0.3, 0.4) is 0 Å². The Morgan fingerprint density at radius 2 is 0.816 bits per heavy atom. The average Bonchev–Trinajstić information content (AvgIpc) is 3.70. The number of aryl methyl sites for hydroxylation is 4. The van der Waals surface area contributed by atoms with Gasteiger partial charge in [0.1, 0.15) is 0 Å². The van der Waals surface area contributed by atoms with Crippen molar-refractivity contribution in [2.45, 2.75) is 27.7 Å². The van der Waals surface area contributed by atoms with Gasteiger partial charge in [-0.05, 0) is 86.4 Å². The Kier molecular flexibility index (Phi) is 7.07. The Balaban J connectivity index is 1.24. The quantitative estimate of drug-likeness (QED) is 0.189. The Bertz CT molecular complexity index is 1640. The second-order valence-electron chi connectivity index (χ2n) is 9.66. The summed E-state index contributed by atoms with van der Waals surface area (Å²) in [6.07, 6.45) is 8.87. The Labute approximate surface area is 240 Å². The van der Waals surface area contributed by atoms with Gasteiger partial charge in [0.25, 0.3) is 0 Å². The van der Waals surface area contributed by atoms with Crippen LogP contribution in [0.1, 0.15) is 43.1 Å². The van der Waals surface area contributed by atoms with Gasteiger partial charge in [-0.2, -0.15) is 0 Å². The largest absolute Gasteiger partial charge is 0.135 e. The zero-order chi connectivity index (χ0) is 26.2. The smallest absolute Gasteiger partial charge is 0.0496 e. The maximum absolute atomic E-state index is 2.29. The fraction of sp³-hybridized carbons (Fsp3) is 0.118. The molecule has 0 saturated carbocycles. The van der Waals surface area contributed by atoms with Crippen molar-refractivity contribution in [3.05, 3.63) is 116 Å². The van der Waals surface area contributed by atoms with Gasteiger partial charge in [-0.1, -0.05) is 71.8 Å². The van der Waals surface area contributed by atoms with Crippen LogP contribution in [0.4, 0.5) is 0 Å². The van der Waals surface area contributed by atoms with E-state index in [9.17, 15) is 0 Å². The summed E-state index contributed by atoms with van der Waals surface area (Å²) >= 11 is 7.66. The van der Waals surface area contributed by atoms with Gasteiger partial charge < -0.3 is 0 Å². The van der Waals surface area contributed by atoms with Gasteiger partial charge in [-0.3, -0.25) is 0 Å². The lowest BCUT2D eigenvalue weighted by Crippen LogP contribution is -1.72. The first-order valence-electron chi connectivity index (χ1n) is 12.7. The van der Waals surface area contributed by atoms with Crippen LogP contribution in [0.5, 0.6) is 0 Å². The van der Waals surface area contributed by atoms with Gasteiger partial charge in [-0.25, -0.2) is 0 Å². The number of fused-ring (bicyclic) bond motifs is 1. The van der Waals surface area contributed by atoms with Gasteiger partial charge in [0.15, 0.2) is 0 Å². The van der Waals surface area contributed by atoms with Crippen LogP contribution < -0.4 is 0 Å². The molecule has 0 unspecified atom stereocenters. The molecule has 0 amide bonds. The Morgan fingerprint density at radius 1 is 0.421 bits per heavy atom.